The molecular formula is C14H17N3O3S. The molecule has 0 radical (unpaired) electrons. The van der Waals surface area contributed by atoms with Crippen LogP contribution in [0.25, 0.3) is 0 Å². The fourth-order valence-corrected chi connectivity index (χ4v) is 2.42. The first-order valence-electron chi connectivity index (χ1n) is 6.48. The Bertz CT molecular complexity index is 650. The van der Waals surface area contributed by atoms with Crippen molar-refractivity contribution in [3.05, 3.63) is 36.2 Å². The van der Waals surface area contributed by atoms with E-state index in [1.165, 1.54) is 17.2 Å². The first-order valence-corrected chi connectivity index (χ1v) is 8.04. The van der Waals surface area contributed by atoms with Crippen molar-refractivity contribution >= 4 is 16.6 Å². The molecule has 0 N–H and O–H groups in total. The molecule has 1 aromatic carbocycles. The molecule has 2 rings (SSSR count). The summed E-state index contributed by atoms with van der Waals surface area (Å²) in [6.45, 7) is 3.95. The Labute approximate surface area is 125 Å². The molecule has 1 heterocycles. The summed E-state index contributed by atoms with van der Waals surface area (Å²) in [7, 11) is -1.28. The number of nitrogens with zero attached hydrogens (tertiary/aromatic N) is 3. The van der Waals surface area contributed by atoms with Gasteiger partial charge in [-0.05, 0) is 38.1 Å². The number of hydrogen-bond donors (Lipinski definition) is 0. The average molecular weight is 307 g/mol. The van der Waals surface area contributed by atoms with Crippen molar-refractivity contribution in [3.63, 3.8) is 0 Å². The van der Waals surface area contributed by atoms with Crippen LogP contribution in [0.15, 0.2) is 35.7 Å². The van der Waals surface area contributed by atoms with Crippen molar-refractivity contribution in [3.8, 4) is 5.75 Å². The van der Waals surface area contributed by atoms with E-state index in [4.69, 9.17) is 4.74 Å². The van der Waals surface area contributed by atoms with Gasteiger partial charge in [0.1, 0.15) is 12.1 Å². The number of carbonyl (C=O) groups excluding carboxylic acids is 1. The lowest BCUT2D eigenvalue weighted by Gasteiger charge is -2.10. The Hall–Kier alpha value is -2.02. The fourth-order valence-electron chi connectivity index (χ4n) is 1.81. The molecule has 7 heteroatoms. The maximum Gasteiger partial charge on any atom is 0.221 e. The van der Waals surface area contributed by atoms with Gasteiger partial charge in [-0.1, -0.05) is 0 Å². The van der Waals surface area contributed by atoms with Crippen LogP contribution in [0.3, 0.4) is 0 Å². The predicted octanol–water partition coefficient (Wildman–Crippen LogP) is 1.69. The van der Waals surface area contributed by atoms with Gasteiger partial charge < -0.3 is 4.74 Å². The van der Waals surface area contributed by atoms with E-state index < -0.39 is 10.8 Å². The molecule has 0 fully saturated rings. The van der Waals surface area contributed by atoms with E-state index in [2.05, 4.69) is 10.2 Å². The van der Waals surface area contributed by atoms with Gasteiger partial charge in [-0.15, -0.1) is 10.2 Å². The molecule has 6 nitrogen and oxygen atoms in total. The Morgan fingerprint density at radius 3 is 2.57 bits per heavy atom. The molecule has 0 spiro atoms. The number of carbonyl (C=O) groups is 1. The zero-order valence-corrected chi connectivity index (χ0v) is 13.0. The largest absolute Gasteiger partial charge is 0.491 e. The molecule has 0 amide bonds. The zero-order chi connectivity index (χ0) is 15.4. The van der Waals surface area contributed by atoms with Crippen LogP contribution in [0.5, 0.6) is 5.75 Å². The number of benzene rings is 1. The summed E-state index contributed by atoms with van der Waals surface area (Å²) in [5, 5.41) is 7.73. The smallest absolute Gasteiger partial charge is 0.221 e. The van der Waals surface area contributed by atoms with Gasteiger partial charge >= 0.3 is 0 Å². The molecular weight excluding hydrogens is 290 g/mol. The average Bonchev–Trinajstić information content (AvgIpc) is 2.87. The topological polar surface area (TPSA) is 74.1 Å². The van der Waals surface area contributed by atoms with Gasteiger partial charge in [0.15, 0.2) is 5.78 Å². The van der Waals surface area contributed by atoms with E-state index >= 15 is 0 Å². The lowest BCUT2D eigenvalue weighted by molar-refractivity contribution is 0.0969. The third kappa shape index (κ3) is 3.98. The number of aromatic nitrogens is 3. The Kier molecular flexibility index (Phi) is 4.85. The molecule has 0 saturated heterocycles. The number of Topliss-reactive ketones (excluding diaryl/α,β-unsaturated/α-hetero) is 1. The van der Waals surface area contributed by atoms with Gasteiger partial charge in [-0.2, -0.15) is 0 Å². The maximum absolute atomic E-state index is 12.2. The van der Waals surface area contributed by atoms with Gasteiger partial charge in [-0.3, -0.25) is 13.6 Å². The van der Waals surface area contributed by atoms with Crippen LogP contribution in [0, 0.1) is 0 Å². The summed E-state index contributed by atoms with van der Waals surface area (Å²) < 4.78 is 18.5. The normalized spacial score (nSPS) is 12.4. The number of ketones is 1. The van der Waals surface area contributed by atoms with Gasteiger partial charge in [0, 0.05) is 11.8 Å². The Morgan fingerprint density at radius 2 is 2.00 bits per heavy atom. The minimum Gasteiger partial charge on any atom is -0.491 e. The van der Waals surface area contributed by atoms with E-state index in [-0.39, 0.29) is 18.4 Å². The zero-order valence-electron chi connectivity index (χ0n) is 12.1. The summed E-state index contributed by atoms with van der Waals surface area (Å²) in [5.41, 5.74) is 0.563. The SMILES string of the molecule is CC(C)Oc1ccc(C(=O)Cn2cnnc2[S@@](C)=O)cc1. The quantitative estimate of drug-likeness (QED) is 0.759. The molecule has 0 aliphatic heterocycles. The fraction of sp³-hybridized carbons (Fsp3) is 0.357. The van der Waals surface area contributed by atoms with Gasteiger partial charge in [0.05, 0.1) is 23.4 Å². The first kappa shape index (κ1) is 15.4. The van der Waals surface area contributed by atoms with E-state index in [0.717, 1.165) is 5.75 Å². The highest BCUT2D eigenvalue weighted by Crippen LogP contribution is 2.15. The van der Waals surface area contributed by atoms with Crippen molar-refractivity contribution in [2.24, 2.45) is 0 Å². The van der Waals surface area contributed by atoms with Crippen LogP contribution >= 0.6 is 0 Å². The van der Waals surface area contributed by atoms with Crippen molar-refractivity contribution in [1.29, 1.82) is 0 Å². The lowest BCUT2D eigenvalue weighted by atomic mass is 10.1. The van der Waals surface area contributed by atoms with Crippen LogP contribution in [0.1, 0.15) is 24.2 Å². The van der Waals surface area contributed by atoms with Crippen LogP contribution in [0.2, 0.25) is 0 Å². The minimum absolute atomic E-state index is 0.0618. The second kappa shape index (κ2) is 6.62. The highest BCUT2D eigenvalue weighted by atomic mass is 32.2. The summed E-state index contributed by atoms with van der Waals surface area (Å²) in [6, 6.07) is 6.95. The molecule has 21 heavy (non-hydrogen) atoms. The van der Waals surface area contributed by atoms with Crippen molar-refractivity contribution < 1.29 is 13.7 Å². The second-order valence-corrected chi connectivity index (χ2v) is 6.08. The second-order valence-electron chi connectivity index (χ2n) is 4.81. The first-order chi connectivity index (χ1) is 9.97. The van der Waals surface area contributed by atoms with E-state index in [1.54, 1.807) is 24.3 Å². The van der Waals surface area contributed by atoms with E-state index in [9.17, 15) is 9.00 Å². The van der Waals surface area contributed by atoms with E-state index in [0.29, 0.717) is 10.7 Å². The monoisotopic (exact) mass is 307 g/mol. The third-order valence-corrected chi connectivity index (χ3v) is 3.53. The molecule has 0 bridgehead atoms. The molecule has 0 aliphatic carbocycles. The highest BCUT2D eigenvalue weighted by molar-refractivity contribution is 7.84. The molecule has 0 aliphatic rings. The minimum atomic E-state index is -1.28. The Balaban J connectivity index is 2.10. The summed E-state index contributed by atoms with van der Waals surface area (Å²) in [5.74, 6) is 0.624. The standard InChI is InChI=1S/C14H17N3O3S/c1-10(2)20-12-6-4-11(5-7-12)13(18)8-17-9-15-16-14(17)21(3)19/h4-7,9-10H,8H2,1-3H3/t21-/m1/s1. The Morgan fingerprint density at radius 1 is 1.33 bits per heavy atom. The third-order valence-electron chi connectivity index (χ3n) is 2.70. The van der Waals surface area contributed by atoms with Crippen molar-refractivity contribution in [1.82, 2.24) is 14.8 Å². The number of rotatable bonds is 6. The van der Waals surface area contributed by atoms with Gasteiger partial charge in [0.2, 0.25) is 5.16 Å². The van der Waals surface area contributed by atoms with Gasteiger partial charge in [-0.25, -0.2) is 0 Å². The number of ether oxygens (including phenoxy) is 1. The molecule has 112 valence electrons. The maximum atomic E-state index is 12.2. The van der Waals surface area contributed by atoms with Crippen LogP contribution in [-0.2, 0) is 17.3 Å². The number of hydrogen-bond acceptors (Lipinski definition) is 5. The summed E-state index contributed by atoms with van der Waals surface area (Å²) in [4.78, 5) is 12.2. The molecule has 0 saturated carbocycles. The molecule has 1 aromatic heterocycles. The van der Waals surface area contributed by atoms with Crippen molar-refractivity contribution in [2.45, 2.75) is 31.7 Å². The van der Waals surface area contributed by atoms with Crippen LogP contribution in [-0.4, -0.2) is 37.1 Å². The van der Waals surface area contributed by atoms with Gasteiger partial charge in [0.25, 0.3) is 0 Å². The summed E-state index contributed by atoms with van der Waals surface area (Å²) in [6.07, 6.45) is 3.00. The molecule has 0 unspecified atom stereocenters. The predicted molar refractivity (Wildman–Crippen MR) is 78.9 cm³/mol. The molecule has 2 aromatic rings. The lowest BCUT2D eigenvalue weighted by Crippen LogP contribution is -2.13. The molecule has 1 atom stereocenters. The van der Waals surface area contributed by atoms with E-state index in [1.807, 2.05) is 13.8 Å². The summed E-state index contributed by atoms with van der Waals surface area (Å²) >= 11 is 0. The van der Waals surface area contributed by atoms with Crippen LogP contribution in [0.4, 0.5) is 0 Å². The van der Waals surface area contributed by atoms with Crippen LogP contribution < -0.4 is 4.74 Å². The van der Waals surface area contributed by atoms with Crippen molar-refractivity contribution in [2.75, 3.05) is 6.26 Å². The highest BCUT2D eigenvalue weighted by Gasteiger charge is 2.13.